The van der Waals surface area contributed by atoms with Gasteiger partial charge in [-0.15, -0.1) is 0 Å². The van der Waals surface area contributed by atoms with E-state index in [1.54, 1.807) is 25.1 Å². The van der Waals surface area contributed by atoms with Crippen LogP contribution in [0.5, 0.6) is 0 Å². The average molecular weight is 356 g/mol. The van der Waals surface area contributed by atoms with Gasteiger partial charge >= 0.3 is 5.97 Å². The van der Waals surface area contributed by atoms with Crippen LogP contribution in [-0.2, 0) is 9.53 Å². The van der Waals surface area contributed by atoms with Crippen LogP contribution in [0.1, 0.15) is 36.4 Å². The highest BCUT2D eigenvalue weighted by atomic mass is 16.5. The number of hydrogen-bond donors (Lipinski definition) is 1. The number of nitrogens with one attached hydrogen (secondary N) is 1. The number of hydrazone groups is 1. The topological polar surface area (TPSA) is 97.0 Å². The largest absolute Gasteiger partial charge is 0.449 e. The van der Waals surface area contributed by atoms with E-state index in [1.165, 1.54) is 6.92 Å². The van der Waals surface area contributed by atoms with Gasteiger partial charge in [0, 0.05) is 24.7 Å². The molecule has 8 heteroatoms. The van der Waals surface area contributed by atoms with Crippen molar-refractivity contribution in [3.63, 3.8) is 0 Å². The minimum absolute atomic E-state index is 0.279. The summed E-state index contributed by atoms with van der Waals surface area (Å²) in [5, 5.41) is 12.5. The van der Waals surface area contributed by atoms with E-state index in [2.05, 4.69) is 15.6 Å². The second kappa shape index (κ2) is 7.38. The summed E-state index contributed by atoms with van der Waals surface area (Å²) in [5.41, 5.74) is 2.35. The van der Waals surface area contributed by atoms with Crippen LogP contribution in [0, 0.1) is 6.92 Å². The first kappa shape index (κ1) is 17.7. The monoisotopic (exact) mass is 356 g/mol. The first-order chi connectivity index (χ1) is 12.4. The Hall–Kier alpha value is -3.16. The predicted octanol–water partition coefficient (Wildman–Crippen LogP) is 2.75. The standard InChI is InChI=1S/C18H20N4O4/c1-11-8-9-22(20-11)15-6-4-14(5-7-15)18(24)25-13(3)17(23)19-16-10-12(2)26-21-16/h4-7,10,13H,8-9H2,1-3H3,(H,19,21,23). The smallest absolute Gasteiger partial charge is 0.338 e. The van der Waals surface area contributed by atoms with E-state index in [0.717, 1.165) is 24.4 Å². The Labute approximate surface area is 150 Å². The number of esters is 1. The van der Waals surface area contributed by atoms with Crippen molar-refractivity contribution in [3.05, 3.63) is 41.7 Å². The maximum atomic E-state index is 12.2. The van der Waals surface area contributed by atoms with E-state index in [1.807, 2.05) is 24.1 Å². The lowest BCUT2D eigenvalue weighted by Crippen LogP contribution is -2.30. The van der Waals surface area contributed by atoms with Crippen LogP contribution in [0.25, 0.3) is 0 Å². The van der Waals surface area contributed by atoms with Crippen LogP contribution in [-0.4, -0.2) is 35.4 Å². The van der Waals surface area contributed by atoms with Crippen LogP contribution in [0.2, 0.25) is 0 Å². The van der Waals surface area contributed by atoms with Crippen molar-refractivity contribution in [1.29, 1.82) is 0 Å². The first-order valence-electron chi connectivity index (χ1n) is 8.29. The maximum absolute atomic E-state index is 12.2. The third-order valence-electron chi connectivity index (χ3n) is 3.91. The fraction of sp³-hybridized carbons (Fsp3) is 0.333. The summed E-state index contributed by atoms with van der Waals surface area (Å²) in [5.74, 6) is -0.203. The van der Waals surface area contributed by atoms with Crippen LogP contribution >= 0.6 is 0 Å². The molecule has 136 valence electrons. The predicted molar refractivity (Wildman–Crippen MR) is 96.3 cm³/mol. The minimum atomic E-state index is -0.968. The molecule has 8 nitrogen and oxygen atoms in total. The molecule has 3 rings (SSSR count). The number of aryl methyl sites for hydroxylation is 1. The van der Waals surface area contributed by atoms with Gasteiger partial charge in [-0.25, -0.2) is 4.79 Å². The summed E-state index contributed by atoms with van der Waals surface area (Å²) in [6.07, 6.45) is -0.0356. The molecule has 0 spiro atoms. The number of amides is 1. The number of anilines is 2. The second-order valence-corrected chi connectivity index (χ2v) is 6.11. The normalized spacial score (nSPS) is 14.7. The quantitative estimate of drug-likeness (QED) is 0.828. The van der Waals surface area contributed by atoms with Gasteiger partial charge in [0.1, 0.15) is 5.76 Å². The van der Waals surface area contributed by atoms with E-state index < -0.39 is 18.0 Å². The Morgan fingerprint density at radius 3 is 2.58 bits per heavy atom. The van der Waals surface area contributed by atoms with Crippen LogP contribution in [0.4, 0.5) is 11.5 Å². The molecule has 0 radical (unpaired) electrons. The summed E-state index contributed by atoms with van der Waals surface area (Å²) in [6, 6.07) is 8.51. The SMILES string of the molecule is CC1=NN(c2ccc(C(=O)OC(C)C(=O)Nc3cc(C)on3)cc2)CC1. The molecule has 1 aromatic carbocycles. The molecule has 0 bridgehead atoms. The van der Waals surface area contributed by atoms with E-state index in [-0.39, 0.29) is 5.82 Å². The number of nitrogens with zero attached hydrogens (tertiary/aromatic N) is 3. The van der Waals surface area contributed by atoms with Crippen LogP contribution in [0.15, 0.2) is 40.0 Å². The number of carbonyl (C=O) groups excluding carboxylic acids is 2. The van der Waals surface area contributed by atoms with Crippen LogP contribution in [0.3, 0.4) is 0 Å². The van der Waals surface area contributed by atoms with Gasteiger partial charge in [0.15, 0.2) is 11.9 Å². The van der Waals surface area contributed by atoms with Crippen molar-refractivity contribution >= 4 is 29.1 Å². The molecule has 0 saturated carbocycles. The molecule has 0 fully saturated rings. The van der Waals surface area contributed by atoms with Crippen molar-refractivity contribution in [3.8, 4) is 0 Å². The highest BCUT2D eigenvalue weighted by Gasteiger charge is 2.20. The minimum Gasteiger partial charge on any atom is -0.449 e. The van der Waals surface area contributed by atoms with Gasteiger partial charge in [-0.2, -0.15) is 5.10 Å². The zero-order valence-electron chi connectivity index (χ0n) is 14.9. The molecule has 26 heavy (non-hydrogen) atoms. The van der Waals surface area contributed by atoms with E-state index >= 15 is 0 Å². The summed E-state index contributed by atoms with van der Waals surface area (Å²) < 4.78 is 10.1. The fourth-order valence-electron chi connectivity index (χ4n) is 2.47. The molecule has 1 aliphatic rings. The lowest BCUT2D eigenvalue weighted by Gasteiger charge is -2.15. The molecule has 1 amide bonds. The Bertz CT molecular complexity index is 841. The number of ether oxygens (including phenoxy) is 1. The Kier molecular flexibility index (Phi) is 5.01. The van der Waals surface area contributed by atoms with Gasteiger partial charge in [-0.3, -0.25) is 9.80 Å². The lowest BCUT2D eigenvalue weighted by atomic mass is 10.2. The van der Waals surface area contributed by atoms with Crippen molar-refractivity contribution in [2.45, 2.75) is 33.3 Å². The van der Waals surface area contributed by atoms with Gasteiger partial charge in [0.25, 0.3) is 5.91 Å². The molecule has 0 saturated heterocycles. The first-order valence-corrected chi connectivity index (χ1v) is 8.29. The van der Waals surface area contributed by atoms with Crippen molar-refractivity contribution in [2.24, 2.45) is 5.10 Å². The van der Waals surface area contributed by atoms with Gasteiger partial charge in [0.05, 0.1) is 11.3 Å². The van der Waals surface area contributed by atoms with Crippen molar-refractivity contribution in [2.75, 3.05) is 16.9 Å². The highest BCUT2D eigenvalue weighted by Crippen LogP contribution is 2.20. The summed E-state index contributed by atoms with van der Waals surface area (Å²) in [7, 11) is 0. The van der Waals surface area contributed by atoms with E-state index in [0.29, 0.717) is 11.3 Å². The molecule has 0 aliphatic carbocycles. The number of rotatable bonds is 5. The summed E-state index contributed by atoms with van der Waals surface area (Å²) in [4.78, 5) is 24.3. The molecule has 1 aromatic heterocycles. The molecule has 1 N–H and O–H groups in total. The third kappa shape index (κ3) is 4.08. The Morgan fingerprint density at radius 2 is 2.00 bits per heavy atom. The second-order valence-electron chi connectivity index (χ2n) is 6.11. The molecule has 1 atom stereocenters. The van der Waals surface area contributed by atoms with Gasteiger partial charge in [0.2, 0.25) is 0 Å². The Balaban J connectivity index is 1.57. The average Bonchev–Trinajstić information content (AvgIpc) is 3.23. The zero-order chi connectivity index (χ0) is 18.7. The van der Waals surface area contributed by atoms with Crippen molar-refractivity contribution in [1.82, 2.24) is 5.16 Å². The maximum Gasteiger partial charge on any atom is 0.338 e. The highest BCUT2D eigenvalue weighted by molar-refractivity contribution is 5.97. The zero-order valence-corrected chi connectivity index (χ0v) is 14.9. The van der Waals surface area contributed by atoms with Crippen molar-refractivity contribution < 1.29 is 18.8 Å². The van der Waals surface area contributed by atoms with Gasteiger partial charge in [-0.1, -0.05) is 5.16 Å². The Morgan fingerprint density at radius 1 is 1.27 bits per heavy atom. The summed E-state index contributed by atoms with van der Waals surface area (Å²) in [6.45, 7) is 6.02. The number of benzene rings is 1. The molecule has 2 heterocycles. The molecular weight excluding hydrogens is 336 g/mol. The van der Waals surface area contributed by atoms with Crippen LogP contribution < -0.4 is 10.3 Å². The van der Waals surface area contributed by atoms with E-state index in [4.69, 9.17) is 9.26 Å². The third-order valence-corrected chi connectivity index (χ3v) is 3.91. The van der Waals surface area contributed by atoms with Gasteiger partial charge in [-0.05, 0) is 45.0 Å². The molecular formula is C18H20N4O4. The number of aromatic nitrogens is 1. The molecule has 1 unspecified atom stereocenters. The fourth-order valence-corrected chi connectivity index (χ4v) is 2.47. The molecule has 1 aliphatic heterocycles. The summed E-state index contributed by atoms with van der Waals surface area (Å²) >= 11 is 0. The number of hydrogen-bond acceptors (Lipinski definition) is 7. The number of carbonyl (C=O) groups is 2. The van der Waals surface area contributed by atoms with E-state index in [9.17, 15) is 9.59 Å². The lowest BCUT2D eigenvalue weighted by molar-refractivity contribution is -0.123. The molecule has 2 aromatic rings. The van der Waals surface area contributed by atoms with Gasteiger partial charge < -0.3 is 14.6 Å².